The number of nitro benzene ring substituents is 2. The lowest BCUT2D eigenvalue weighted by atomic mass is 10.1. The van der Waals surface area contributed by atoms with E-state index in [1.807, 2.05) is 6.92 Å². The molecule has 124 valence electrons. The second-order valence-electron chi connectivity index (χ2n) is 4.98. The van der Waals surface area contributed by atoms with Crippen molar-refractivity contribution < 1.29 is 19.4 Å². The molecule has 0 saturated heterocycles. The second-order valence-corrected chi connectivity index (χ2v) is 5.83. The number of carbonyl (C=O) groups is 1. The quantitative estimate of drug-likeness (QED) is 0.333. The topological polar surface area (TPSA) is 113 Å². The van der Waals surface area contributed by atoms with Gasteiger partial charge >= 0.3 is 5.97 Å². The molecule has 8 nitrogen and oxygen atoms in total. The van der Waals surface area contributed by atoms with Gasteiger partial charge in [-0.15, -0.1) is 0 Å². The van der Waals surface area contributed by atoms with E-state index in [0.717, 1.165) is 17.7 Å². The van der Waals surface area contributed by atoms with Crippen molar-refractivity contribution in [3.8, 4) is 5.75 Å². The molecule has 0 saturated carbocycles. The number of halogens is 1. The van der Waals surface area contributed by atoms with E-state index in [-0.39, 0.29) is 16.9 Å². The van der Waals surface area contributed by atoms with Gasteiger partial charge in [-0.3, -0.25) is 20.2 Å². The normalized spacial score (nSPS) is 10.3. The highest BCUT2D eigenvalue weighted by atomic mass is 79.9. The van der Waals surface area contributed by atoms with Crippen LogP contribution in [0.1, 0.15) is 21.5 Å². The monoisotopic (exact) mass is 394 g/mol. The molecule has 0 atom stereocenters. The molecule has 0 unspecified atom stereocenters. The number of aryl methyl sites for hydroxylation is 1. The molecule has 0 spiro atoms. The van der Waals surface area contributed by atoms with E-state index in [9.17, 15) is 25.0 Å². The van der Waals surface area contributed by atoms with Gasteiger partial charge < -0.3 is 4.74 Å². The third-order valence-corrected chi connectivity index (χ3v) is 3.89. The number of ether oxygens (including phenoxy) is 1. The van der Waals surface area contributed by atoms with Gasteiger partial charge in [-0.2, -0.15) is 0 Å². The van der Waals surface area contributed by atoms with Crippen LogP contribution >= 0.6 is 15.9 Å². The predicted molar refractivity (Wildman–Crippen MR) is 88.3 cm³/mol. The van der Waals surface area contributed by atoms with Gasteiger partial charge in [0.05, 0.1) is 19.9 Å². The fourth-order valence-electron chi connectivity index (χ4n) is 2.03. The smallest absolute Gasteiger partial charge is 0.344 e. The molecular formula is C15H11BrN2O6. The van der Waals surface area contributed by atoms with Crippen molar-refractivity contribution in [2.24, 2.45) is 0 Å². The summed E-state index contributed by atoms with van der Waals surface area (Å²) in [5, 5.41) is 22.1. The third-order valence-electron chi connectivity index (χ3n) is 3.27. The van der Waals surface area contributed by atoms with E-state index >= 15 is 0 Å². The van der Waals surface area contributed by atoms with E-state index < -0.39 is 27.2 Å². The van der Waals surface area contributed by atoms with Crippen LogP contribution in [-0.4, -0.2) is 15.8 Å². The first-order valence-corrected chi connectivity index (χ1v) is 7.41. The van der Waals surface area contributed by atoms with E-state index in [1.165, 1.54) is 6.92 Å². The number of rotatable bonds is 4. The van der Waals surface area contributed by atoms with Gasteiger partial charge in [-0.1, -0.05) is 6.07 Å². The standard InChI is InChI=1S/C15H11BrN2O6/c1-8-3-4-14(11(16)5-8)24-15(19)10-6-12(17(20)21)9(2)13(7-10)18(22)23/h3-7H,1-2H3. The summed E-state index contributed by atoms with van der Waals surface area (Å²) in [7, 11) is 0. The Hall–Kier alpha value is -2.81. The van der Waals surface area contributed by atoms with Crippen molar-refractivity contribution in [2.75, 3.05) is 0 Å². The minimum atomic E-state index is -0.925. The lowest BCUT2D eigenvalue weighted by molar-refractivity contribution is -0.395. The van der Waals surface area contributed by atoms with E-state index in [1.54, 1.807) is 18.2 Å². The molecule has 0 N–H and O–H groups in total. The molecule has 2 aromatic carbocycles. The van der Waals surface area contributed by atoms with Gasteiger partial charge in [-0.05, 0) is 47.5 Å². The van der Waals surface area contributed by atoms with Crippen LogP contribution in [0.5, 0.6) is 5.75 Å². The van der Waals surface area contributed by atoms with Crippen molar-refractivity contribution in [1.29, 1.82) is 0 Å². The lowest BCUT2D eigenvalue weighted by Gasteiger charge is -2.08. The fraction of sp³-hybridized carbons (Fsp3) is 0.133. The minimum Gasteiger partial charge on any atom is -0.422 e. The minimum absolute atomic E-state index is 0.127. The molecule has 0 heterocycles. The molecule has 0 aliphatic heterocycles. The molecule has 24 heavy (non-hydrogen) atoms. The Morgan fingerprint density at radius 1 is 1.04 bits per heavy atom. The van der Waals surface area contributed by atoms with Gasteiger partial charge in [0.1, 0.15) is 11.3 Å². The summed E-state index contributed by atoms with van der Waals surface area (Å²) in [6, 6.07) is 6.92. The van der Waals surface area contributed by atoms with Crippen molar-refractivity contribution >= 4 is 33.3 Å². The molecule has 0 bridgehead atoms. The molecular weight excluding hydrogens is 384 g/mol. The molecule has 0 aliphatic carbocycles. The number of benzene rings is 2. The molecule has 2 rings (SSSR count). The number of carbonyl (C=O) groups excluding carboxylic acids is 1. The number of nitro groups is 2. The number of hydrogen-bond donors (Lipinski definition) is 0. The fourth-order valence-corrected chi connectivity index (χ4v) is 2.60. The van der Waals surface area contributed by atoms with E-state index in [4.69, 9.17) is 4.74 Å². The largest absolute Gasteiger partial charge is 0.422 e. The molecule has 0 aromatic heterocycles. The maximum atomic E-state index is 12.2. The van der Waals surface area contributed by atoms with Crippen LogP contribution in [0.4, 0.5) is 11.4 Å². The summed E-state index contributed by atoms with van der Waals surface area (Å²) in [5.41, 5.74) is -0.494. The number of esters is 1. The predicted octanol–water partition coefficient (Wildman–Crippen LogP) is 4.10. The van der Waals surface area contributed by atoms with Crippen molar-refractivity contribution in [3.05, 3.63) is 71.7 Å². The van der Waals surface area contributed by atoms with Crippen molar-refractivity contribution in [3.63, 3.8) is 0 Å². The van der Waals surface area contributed by atoms with E-state index in [0.29, 0.717) is 4.47 Å². The first-order valence-electron chi connectivity index (χ1n) is 6.62. The zero-order valence-corrected chi connectivity index (χ0v) is 14.2. The molecule has 0 aliphatic rings. The zero-order valence-electron chi connectivity index (χ0n) is 12.6. The van der Waals surface area contributed by atoms with Crippen LogP contribution in [0.3, 0.4) is 0 Å². The van der Waals surface area contributed by atoms with Crippen LogP contribution < -0.4 is 4.74 Å². The average molecular weight is 395 g/mol. The average Bonchev–Trinajstić information content (AvgIpc) is 2.49. The van der Waals surface area contributed by atoms with Crippen LogP contribution in [0, 0.1) is 34.1 Å². The maximum Gasteiger partial charge on any atom is 0.344 e. The summed E-state index contributed by atoms with van der Waals surface area (Å²) >= 11 is 3.24. The van der Waals surface area contributed by atoms with Crippen molar-refractivity contribution in [2.45, 2.75) is 13.8 Å². The van der Waals surface area contributed by atoms with Gasteiger partial charge in [0, 0.05) is 12.1 Å². The highest BCUT2D eigenvalue weighted by molar-refractivity contribution is 9.10. The first-order chi connectivity index (χ1) is 11.2. The third kappa shape index (κ3) is 3.57. The zero-order chi connectivity index (χ0) is 18.0. The van der Waals surface area contributed by atoms with Gasteiger partial charge in [0.15, 0.2) is 0 Å². The summed E-state index contributed by atoms with van der Waals surface area (Å²) < 4.78 is 5.68. The SMILES string of the molecule is Cc1ccc(OC(=O)c2cc([N+](=O)[O-])c(C)c([N+](=O)[O-])c2)c(Br)c1. The van der Waals surface area contributed by atoms with Gasteiger partial charge in [0.2, 0.25) is 0 Å². The number of hydrogen-bond acceptors (Lipinski definition) is 6. The molecule has 0 radical (unpaired) electrons. The first kappa shape index (κ1) is 17.5. The summed E-state index contributed by atoms with van der Waals surface area (Å²) in [6.45, 7) is 3.10. The van der Waals surface area contributed by atoms with Gasteiger partial charge in [-0.25, -0.2) is 4.79 Å². The molecule has 0 amide bonds. The van der Waals surface area contributed by atoms with Crippen LogP contribution in [-0.2, 0) is 0 Å². The van der Waals surface area contributed by atoms with Crippen molar-refractivity contribution in [1.82, 2.24) is 0 Å². The molecule has 0 fully saturated rings. The van der Waals surface area contributed by atoms with Crippen LogP contribution in [0.2, 0.25) is 0 Å². The Morgan fingerprint density at radius 3 is 2.04 bits per heavy atom. The Bertz CT molecular complexity index is 830. The van der Waals surface area contributed by atoms with Gasteiger partial charge in [0.25, 0.3) is 11.4 Å². The van der Waals surface area contributed by atoms with Crippen LogP contribution in [0.15, 0.2) is 34.8 Å². The Morgan fingerprint density at radius 2 is 1.58 bits per heavy atom. The highest BCUT2D eigenvalue weighted by Gasteiger charge is 2.26. The molecule has 9 heteroatoms. The summed E-state index contributed by atoms with van der Waals surface area (Å²) in [4.78, 5) is 32.8. The van der Waals surface area contributed by atoms with Crippen LogP contribution in [0.25, 0.3) is 0 Å². The maximum absolute atomic E-state index is 12.2. The van der Waals surface area contributed by atoms with E-state index in [2.05, 4.69) is 15.9 Å². The Labute approximate surface area is 144 Å². The Balaban J connectivity index is 2.45. The summed E-state index contributed by atoms with van der Waals surface area (Å²) in [6.07, 6.45) is 0. The second kappa shape index (κ2) is 6.75. The Kier molecular flexibility index (Phi) is 4.93. The number of nitrogens with zero attached hydrogens (tertiary/aromatic N) is 2. The highest BCUT2D eigenvalue weighted by Crippen LogP contribution is 2.31. The molecule has 2 aromatic rings. The lowest BCUT2D eigenvalue weighted by Crippen LogP contribution is -2.11. The summed E-state index contributed by atoms with van der Waals surface area (Å²) in [5.74, 6) is -0.720.